The number of benzene rings is 1. The van der Waals surface area contributed by atoms with E-state index in [1.54, 1.807) is 11.3 Å². The average Bonchev–Trinajstić information content (AvgIpc) is 3.02. The Hall–Kier alpha value is -1.81. The summed E-state index contributed by atoms with van der Waals surface area (Å²) in [4.78, 5) is 15.8. The van der Waals surface area contributed by atoms with Crippen LogP contribution in [0.15, 0.2) is 47.8 Å². The van der Waals surface area contributed by atoms with E-state index in [-0.39, 0.29) is 12.1 Å². The molecule has 0 saturated carbocycles. The van der Waals surface area contributed by atoms with Gasteiger partial charge in [0.25, 0.3) is 0 Å². The summed E-state index contributed by atoms with van der Waals surface area (Å²) < 4.78 is 0. The van der Waals surface area contributed by atoms with Gasteiger partial charge in [0, 0.05) is 17.1 Å². The van der Waals surface area contributed by atoms with Gasteiger partial charge in [0.15, 0.2) is 0 Å². The summed E-state index contributed by atoms with van der Waals surface area (Å²) in [6.45, 7) is 7.22. The normalized spacial score (nSPS) is 12.2. The lowest BCUT2D eigenvalue weighted by Crippen LogP contribution is -2.38. The highest BCUT2D eigenvalue weighted by molar-refractivity contribution is 7.10. The van der Waals surface area contributed by atoms with Crippen molar-refractivity contribution in [3.05, 3.63) is 52.7 Å². The zero-order chi connectivity index (χ0) is 15.9. The monoisotopic (exact) mass is 316 g/mol. The van der Waals surface area contributed by atoms with Crippen molar-refractivity contribution in [1.82, 2.24) is 4.90 Å². The molecule has 3 nitrogen and oxygen atoms in total. The molecule has 1 aromatic heterocycles. The van der Waals surface area contributed by atoms with Gasteiger partial charge in [0.05, 0.1) is 6.04 Å². The molecule has 0 aliphatic rings. The molecule has 118 valence electrons. The van der Waals surface area contributed by atoms with Crippen LogP contribution in [-0.2, 0) is 0 Å². The fourth-order valence-electron chi connectivity index (χ4n) is 2.27. The molecule has 0 radical (unpaired) electrons. The van der Waals surface area contributed by atoms with E-state index in [1.165, 1.54) is 4.88 Å². The van der Waals surface area contributed by atoms with E-state index in [1.807, 2.05) is 41.3 Å². The number of amides is 2. The predicted molar refractivity (Wildman–Crippen MR) is 94.4 cm³/mol. The minimum Gasteiger partial charge on any atom is -0.317 e. The first-order valence-electron chi connectivity index (χ1n) is 7.74. The molecular formula is C18H24N2OS. The maximum atomic E-state index is 12.7. The topological polar surface area (TPSA) is 32.3 Å². The molecule has 0 aliphatic heterocycles. The van der Waals surface area contributed by atoms with Crippen molar-refractivity contribution >= 4 is 23.1 Å². The van der Waals surface area contributed by atoms with Crippen molar-refractivity contribution in [2.75, 3.05) is 11.9 Å². The van der Waals surface area contributed by atoms with Crippen LogP contribution >= 0.6 is 11.3 Å². The highest BCUT2D eigenvalue weighted by Gasteiger charge is 2.22. The van der Waals surface area contributed by atoms with Crippen molar-refractivity contribution < 1.29 is 4.79 Å². The molecule has 4 heteroatoms. The lowest BCUT2D eigenvalue weighted by molar-refractivity contribution is 0.190. The van der Waals surface area contributed by atoms with Crippen molar-refractivity contribution in [2.24, 2.45) is 5.92 Å². The molecule has 2 rings (SSSR count). The Bertz CT molecular complexity index is 566. The third-order valence-electron chi connectivity index (χ3n) is 3.66. The lowest BCUT2D eigenvalue weighted by atomic mass is 10.1. The Morgan fingerprint density at radius 3 is 2.45 bits per heavy atom. The minimum absolute atomic E-state index is 0.0345. The number of nitrogens with one attached hydrogen (secondary N) is 1. The van der Waals surface area contributed by atoms with Crippen LogP contribution in [0.2, 0.25) is 0 Å². The van der Waals surface area contributed by atoms with Gasteiger partial charge < -0.3 is 10.2 Å². The van der Waals surface area contributed by atoms with Crippen LogP contribution in [0.5, 0.6) is 0 Å². The number of hydrogen-bond acceptors (Lipinski definition) is 2. The molecule has 1 aromatic carbocycles. The highest BCUT2D eigenvalue weighted by Crippen LogP contribution is 2.26. The molecule has 0 spiro atoms. The Balaban J connectivity index is 2.10. The summed E-state index contributed by atoms with van der Waals surface area (Å²) in [6, 6.07) is 13.8. The third kappa shape index (κ3) is 4.60. The number of thiophene rings is 1. The molecule has 0 unspecified atom stereocenters. The number of nitrogens with zero attached hydrogens (tertiary/aromatic N) is 1. The number of hydrogen-bond donors (Lipinski definition) is 1. The van der Waals surface area contributed by atoms with Crippen LogP contribution in [-0.4, -0.2) is 17.5 Å². The van der Waals surface area contributed by atoms with E-state index in [2.05, 4.69) is 37.5 Å². The van der Waals surface area contributed by atoms with Crippen LogP contribution in [0.25, 0.3) is 0 Å². The lowest BCUT2D eigenvalue weighted by Gasteiger charge is -2.29. The smallest absolute Gasteiger partial charge is 0.317 e. The molecule has 0 bridgehead atoms. The number of para-hydroxylation sites is 1. The molecule has 0 fully saturated rings. The molecule has 2 aromatic rings. The molecule has 22 heavy (non-hydrogen) atoms. The summed E-state index contributed by atoms with van der Waals surface area (Å²) in [7, 11) is 0. The minimum atomic E-state index is -0.0345. The number of urea groups is 1. The highest BCUT2D eigenvalue weighted by atomic mass is 32.1. The van der Waals surface area contributed by atoms with Crippen molar-refractivity contribution in [3.8, 4) is 0 Å². The molecule has 1 heterocycles. The Morgan fingerprint density at radius 2 is 1.86 bits per heavy atom. The number of carbonyl (C=O) groups excluding carboxylic acids is 1. The molecule has 1 atom stereocenters. The van der Waals surface area contributed by atoms with Crippen molar-refractivity contribution in [1.29, 1.82) is 0 Å². The Morgan fingerprint density at radius 1 is 1.14 bits per heavy atom. The SMILES string of the molecule is CC(C)CCN(C(=O)Nc1ccccc1)[C@@H](C)c1cccs1. The molecule has 1 N–H and O–H groups in total. The van der Waals surface area contributed by atoms with Gasteiger partial charge in [-0.25, -0.2) is 4.79 Å². The summed E-state index contributed by atoms with van der Waals surface area (Å²) >= 11 is 1.70. The van der Waals surface area contributed by atoms with Gasteiger partial charge in [0.1, 0.15) is 0 Å². The second-order valence-electron chi connectivity index (χ2n) is 5.86. The third-order valence-corrected chi connectivity index (χ3v) is 4.70. The average molecular weight is 316 g/mol. The van der Waals surface area contributed by atoms with Gasteiger partial charge >= 0.3 is 6.03 Å². The fraction of sp³-hybridized carbons (Fsp3) is 0.389. The van der Waals surface area contributed by atoms with E-state index < -0.39 is 0 Å². The molecule has 0 saturated heterocycles. The second kappa shape index (κ2) is 7.99. The summed E-state index contributed by atoms with van der Waals surface area (Å²) in [5.41, 5.74) is 0.834. The van der Waals surface area contributed by atoms with Gasteiger partial charge in [-0.1, -0.05) is 38.1 Å². The van der Waals surface area contributed by atoms with E-state index in [9.17, 15) is 4.79 Å². The van der Waals surface area contributed by atoms with E-state index >= 15 is 0 Å². The number of rotatable bonds is 6. The fourth-order valence-corrected chi connectivity index (χ4v) is 3.06. The van der Waals surface area contributed by atoms with Gasteiger partial charge in [0.2, 0.25) is 0 Å². The van der Waals surface area contributed by atoms with Crippen LogP contribution in [0.4, 0.5) is 10.5 Å². The van der Waals surface area contributed by atoms with E-state index in [4.69, 9.17) is 0 Å². The Labute approximate surface area is 137 Å². The van der Waals surface area contributed by atoms with Gasteiger partial charge in [-0.15, -0.1) is 11.3 Å². The first kappa shape index (κ1) is 16.6. The van der Waals surface area contributed by atoms with Crippen LogP contribution in [0.3, 0.4) is 0 Å². The van der Waals surface area contributed by atoms with Gasteiger partial charge in [-0.3, -0.25) is 0 Å². The van der Waals surface area contributed by atoms with Crippen LogP contribution in [0.1, 0.15) is 38.1 Å². The summed E-state index contributed by atoms with van der Waals surface area (Å²) in [5, 5.41) is 5.06. The summed E-state index contributed by atoms with van der Waals surface area (Å²) in [5.74, 6) is 0.572. The second-order valence-corrected chi connectivity index (χ2v) is 6.84. The predicted octanol–water partition coefficient (Wildman–Crippen LogP) is 5.39. The van der Waals surface area contributed by atoms with Crippen molar-refractivity contribution in [3.63, 3.8) is 0 Å². The van der Waals surface area contributed by atoms with E-state index in [0.29, 0.717) is 5.92 Å². The first-order chi connectivity index (χ1) is 10.6. The van der Waals surface area contributed by atoms with Gasteiger partial charge in [-0.2, -0.15) is 0 Å². The molecule has 0 aliphatic carbocycles. The van der Waals surface area contributed by atoms with Crippen LogP contribution in [0, 0.1) is 5.92 Å². The van der Waals surface area contributed by atoms with Crippen molar-refractivity contribution in [2.45, 2.75) is 33.2 Å². The number of carbonyl (C=O) groups is 1. The summed E-state index contributed by atoms with van der Waals surface area (Å²) in [6.07, 6.45) is 0.998. The standard InChI is InChI=1S/C18H24N2OS/c1-14(2)11-12-20(15(3)17-10-7-13-22-17)18(21)19-16-8-5-4-6-9-16/h4-10,13-15H,11-12H2,1-3H3,(H,19,21)/t15-/m0/s1. The first-order valence-corrected chi connectivity index (χ1v) is 8.62. The largest absolute Gasteiger partial charge is 0.322 e. The molecular weight excluding hydrogens is 292 g/mol. The van der Waals surface area contributed by atoms with Gasteiger partial charge in [-0.05, 0) is 42.8 Å². The number of anilines is 1. The quantitative estimate of drug-likeness (QED) is 0.761. The van der Waals surface area contributed by atoms with Crippen LogP contribution < -0.4 is 5.32 Å². The molecule has 2 amide bonds. The maximum absolute atomic E-state index is 12.7. The zero-order valence-corrected chi connectivity index (χ0v) is 14.3. The maximum Gasteiger partial charge on any atom is 0.322 e. The zero-order valence-electron chi connectivity index (χ0n) is 13.5. The Kier molecular flexibility index (Phi) is 6.01. The van der Waals surface area contributed by atoms with E-state index in [0.717, 1.165) is 18.7 Å².